The summed E-state index contributed by atoms with van der Waals surface area (Å²) in [5.41, 5.74) is 5.20. The van der Waals surface area contributed by atoms with Crippen LogP contribution in [0.1, 0.15) is 22.3 Å². The van der Waals surface area contributed by atoms with Crippen molar-refractivity contribution in [2.75, 3.05) is 18.5 Å². The average Bonchev–Trinajstić information content (AvgIpc) is 3.18. The maximum Gasteiger partial charge on any atom is 0.228 e. The van der Waals surface area contributed by atoms with E-state index < -0.39 is 0 Å². The second-order valence-corrected chi connectivity index (χ2v) is 6.06. The number of carbonyl (C=O) groups excluding carboxylic acids is 1. The first-order valence-electron chi connectivity index (χ1n) is 8.01. The predicted molar refractivity (Wildman–Crippen MR) is 88.4 cm³/mol. The number of rotatable bonds is 3. The number of ether oxygens (including phenoxy) is 2. The molecule has 0 unspecified atom stereocenters. The van der Waals surface area contributed by atoms with Gasteiger partial charge in [-0.2, -0.15) is 0 Å². The molecule has 0 aliphatic carbocycles. The minimum absolute atomic E-state index is 0.0164. The number of nitrogens with one attached hydrogen (secondary N) is 1. The number of anilines is 1. The van der Waals surface area contributed by atoms with Crippen LogP contribution >= 0.6 is 0 Å². The van der Waals surface area contributed by atoms with E-state index in [0.29, 0.717) is 19.6 Å². The van der Waals surface area contributed by atoms with Gasteiger partial charge in [0.25, 0.3) is 0 Å². The van der Waals surface area contributed by atoms with Crippen molar-refractivity contribution in [2.24, 2.45) is 0 Å². The molecule has 2 aliphatic rings. The number of para-hydroxylation sites is 1. The molecule has 2 aliphatic heterocycles. The largest absolute Gasteiger partial charge is 0.493 e. The number of fused-ring (bicyclic) bond motifs is 2. The van der Waals surface area contributed by atoms with Gasteiger partial charge in [0, 0.05) is 35.2 Å². The van der Waals surface area contributed by atoms with Gasteiger partial charge < -0.3 is 14.8 Å². The Morgan fingerprint density at radius 1 is 1.17 bits per heavy atom. The number of aryl methyl sites for hydroxylation is 1. The first-order chi connectivity index (χ1) is 11.2. The zero-order valence-electron chi connectivity index (χ0n) is 13.1. The molecule has 4 nitrogen and oxygen atoms in total. The maximum atomic E-state index is 12.5. The van der Waals surface area contributed by atoms with Crippen LogP contribution in [0.5, 0.6) is 11.5 Å². The summed E-state index contributed by atoms with van der Waals surface area (Å²) in [6, 6.07) is 9.88. The third kappa shape index (κ3) is 2.54. The van der Waals surface area contributed by atoms with E-state index in [2.05, 4.69) is 11.4 Å². The SMILES string of the molecule is Cc1ccccc1NC(=O)Cc1c2c(cc3c1OCC3)OCC2. The lowest BCUT2D eigenvalue weighted by molar-refractivity contribution is -0.115. The van der Waals surface area contributed by atoms with E-state index in [1.807, 2.05) is 31.2 Å². The Labute approximate surface area is 135 Å². The van der Waals surface area contributed by atoms with Crippen LogP contribution in [0.15, 0.2) is 30.3 Å². The van der Waals surface area contributed by atoms with Gasteiger partial charge in [-0.3, -0.25) is 4.79 Å². The molecule has 0 atom stereocenters. The van der Waals surface area contributed by atoms with Crippen LogP contribution in [0.25, 0.3) is 0 Å². The van der Waals surface area contributed by atoms with E-state index in [-0.39, 0.29) is 5.91 Å². The van der Waals surface area contributed by atoms with Crippen LogP contribution in [-0.2, 0) is 24.1 Å². The van der Waals surface area contributed by atoms with Gasteiger partial charge in [-0.25, -0.2) is 0 Å². The summed E-state index contributed by atoms with van der Waals surface area (Å²) in [4.78, 5) is 12.5. The van der Waals surface area contributed by atoms with Gasteiger partial charge in [-0.05, 0) is 24.6 Å². The highest BCUT2D eigenvalue weighted by molar-refractivity contribution is 5.93. The van der Waals surface area contributed by atoms with Gasteiger partial charge >= 0.3 is 0 Å². The number of hydrogen-bond donors (Lipinski definition) is 1. The van der Waals surface area contributed by atoms with E-state index in [9.17, 15) is 4.79 Å². The zero-order valence-corrected chi connectivity index (χ0v) is 13.1. The van der Waals surface area contributed by atoms with Crippen molar-refractivity contribution in [3.8, 4) is 11.5 Å². The molecule has 23 heavy (non-hydrogen) atoms. The van der Waals surface area contributed by atoms with Crippen LogP contribution < -0.4 is 14.8 Å². The molecule has 0 saturated carbocycles. The fourth-order valence-electron chi connectivity index (χ4n) is 3.34. The van der Waals surface area contributed by atoms with Crippen molar-refractivity contribution in [3.63, 3.8) is 0 Å². The van der Waals surface area contributed by atoms with Crippen molar-refractivity contribution in [1.29, 1.82) is 0 Å². The fourth-order valence-corrected chi connectivity index (χ4v) is 3.34. The highest BCUT2D eigenvalue weighted by atomic mass is 16.5. The molecular formula is C19H19NO3. The van der Waals surface area contributed by atoms with Crippen LogP contribution in [0.3, 0.4) is 0 Å². The number of amides is 1. The Kier molecular flexibility index (Phi) is 3.45. The molecule has 0 bridgehead atoms. The third-order valence-electron chi connectivity index (χ3n) is 4.52. The van der Waals surface area contributed by atoms with Gasteiger partial charge in [-0.15, -0.1) is 0 Å². The highest BCUT2D eigenvalue weighted by Gasteiger charge is 2.27. The smallest absolute Gasteiger partial charge is 0.228 e. The molecule has 1 amide bonds. The minimum atomic E-state index is -0.0164. The van der Waals surface area contributed by atoms with Gasteiger partial charge in [0.15, 0.2) is 0 Å². The summed E-state index contributed by atoms with van der Waals surface area (Å²) in [7, 11) is 0. The van der Waals surface area contributed by atoms with Crippen LogP contribution in [-0.4, -0.2) is 19.1 Å². The summed E-state index contributed by atoms with van der Waals surface area (Å²) >= 11 is 0. The van der Waals surface area contributed by atoms with E-state index >= 15 is 0 Å². The molecule has 118 valence electrons. The summed E-state index contributed by atoms with van der Waals surface area (Å²) in [5, 5.41) is 3.01. The molecular weight excluding hydrogens is 290 g/mol. The second-order valence-electron chi connectivity index (χ2n) is 6.06. The van der Waals surface area contributed by atoms with Gasteiger partial charge in [0.2, 0.25) is 5.91 Å². The number of carbonyl (C=O) groups is 1. The molecule has 0 radical (unpaired) electrons. The maximum absolute atomic E-state index is 12.5. The molecule has 4 heteroatoms. The number of benzene rings is 2. The number of hydrogen-bond acceptors (Lipinski definition) is 3. The van der Waals surface area contributed by atoms with E-state index in [0.717, 1.165) is 52.3 Å². The Balaban J connectivity index is 1.62. The monoisotopic (exact) mass is 309 g/mol. The van der Waals surface area contributed by atoms with E-state index in [4.69, 9.17) is 9.47 Å². The Morgan fingerprint density at radius 2 is 2.00 bits per heavy atom. The van der Waals surface area contributed by atoms with Gasteiger partial charge in [0.1, 0.15) is 11.5 Å². The van der Waals surface area contributed by atoms with Crippen molar-refractivity contribution in [2.45, 2.75) is 26.2 Å². The normalized spacial score (nSPS) is 14.7. The quantitative estimate of drug-likeness (QED) is 0.948. The molecule has 2 aromatic carbocycles. The van der Waals surface area contributed by atoms with Crippen LogP contribution in [0, 0.1) is 6.92 Å². The zero-order chi connectivity index (χ0) is 15.8. The van der Waals surface area contributed by atoms with Crippen molar-refractivity contribution < 1.29 is 14.3 Å². The molecule has 0 spiro atoms. The van der Waals surface area contributed by atoms with Gasteiger partial charge in [0.05, 0.1) is 19.6 Å². The van der Waals surface area contributed by atoms with Crippen molar-refractivity contribution in [3.05, 3.63) is 52.6 Å². The van der Waals surface area contributed by atoms with E-state index in [1.165, 1.54) is 0 Å². The molecule has 4 rings (SSSR count). The Hall–Kier alpha value is -2.49. The first kappa shape index (κ1) is 14.1. The summed E-state index contributed by atoms with van der Waals surface area (Å²) in [6.07, 6.45) is 2.06. The van der Waals surface area contributed by atoms with Crippen LogP contribution in [0.4, 0.5) is 5.69 Å². The third-order valence-corrected chi connectivity index (χ3v) is 4.52. The lowest BCUT2D eigenvalue weighted by Gasteiger charge is -2.13. The standard InChI is InChI=1S/C19H19NO3/c1-12-4-2-3-5-16(12)20-18(21)11-15-14-7-9-22-17(14)10-13-6-8-23-19(13)15/h2-5,10H,6-9,11H2,1H3,(H,20,21). The molecule has 0 saturated heterocycles. The lowest BCUT2D eigenvalue weighted by Crippen LogP contribution is -2.16. The molecule has 0 fully saturated rings. The predicted octanol–water partition coefficient (Wildman–Crippen LogP) is 3.05. The highest BCUT2D eigenvalue weighted by Crippen LogP contribution is 2.40. The minimum Gasteiger partial charge on any atom is -0.493 e. The topological polar surface area (TPSA) is 47.6 Å². The van der Waals surface area contributed by atoms with E-state index in [1.54, 1.807) is 0 Å². The van der Waals surface area contributed by atoms with Crippen molar-refractivity contribution in [1.82, 2.24) is 0 Å². The summed E-state index contributed by atoms with van der Waals surface area (Å²) < 4.78 is 11.5. The Morgan fingerprint density at radius 3 is 2.87 bits per heavy atom. The van der Waals surface area contributed by atoms with Crippen molar-refractivity contribution >= 4 is 11.6 Å². The molecule has 1 N–H and O–H groups in total. The molecule has 2 aromatic rings. The Bertz CT molecular complexity index is 750. The van der Waals surface area contributed by atoms with Gasteiger partial charge in [-0.1, -0.05) is 18.2 Å². The first-order valence-corrected chi connectivity index (χ1v) is 8.01. The van der Waals surface area contributed by atoms with Crippen LogP contribution in [0.2, 0.25) is 0 Å². The summed E-state index contributed by atoms with van der Waals surface area (Å²) in [6.45, 7) is 3.36. The summed E-state index contributed by atoms with van der Waals surface area (Å²) in [5.74, 6) is 1.81. The average molecular weight is 309 g/mol. The molecule has 2 heterocycles. The lowest BCUT2D eigenvalue weighted by atomic mass is 9.97. The fraction of sp³-hybridized carbons (Fsp3) is 0.316. The second kappa shape index (κ2) is 5.61. The molecule has 0 aromatic heterocycles.